The van der Waals surface area contributed by atoms with Crippen LogP contribution in [0.15, 0.2) is 41.4 Å². The number of aromatic nitrogens is 1. The van der Waals surface area contributed by atoms with Gasteiger partial charge in [-0.1, -0.05) is 29.0 Å². The summed E-state index contributed by atoms with van der Waals surface area (Å²) in [6.07, 6.45) is 1.82. The zero-order valence-electron chi connectivity index (χ0n) is 17.3. The summed E-state index contributed by atoms with van der Waals surface area (Å²) in [5.41, 5.74) is 0.579. The van der Waals surface area contributed by atoms with Crippen LogP contribution in [0, 0.1) is 29.2 Å². The van der Waals surface area contributed by atoms with Crippen LogP contribution in [0.3, 0.4) is 0 Å². The second kappa shape index (κ2) is 10.1. The van der Waals surface area contributed by atoms with Crippen LogP contribution in [-0.2, 0) is 10.0 Å². The molecule has 2 N–H and O–H groups in total. The van der Waals surface area contributed by atoms with Crippen molar-refractivity contribution in [1.82, 2.24) is 10.3 Å². The lowest BCUT2D eigenvalue weighted by Gasteiger charge is -2.32. The molecule has 0 saturated carbocycles. The highest BCUT2D eigenvalue weighted by molar-refractivity contribution is 7.93. The number of hydrogen-bond acceptors (Lipinski definition) is 6. The van der Waals surface area contributed by atoms with Crippen LogP contribution in [0.25, 0.3) is 0 Å². The van der Waals surface area contributed by atoms with Crippen molar-refractivity contribution in [1.29, 1.82) is 0 Å². The number of nitrogens with zero attached hydrogens (tertiary/aromatic N) is 1. The number of piperidine rings is 1. The largest absolute Gasteiger partial charge is 0.490 e. The van der Waals surface area contributed by atoms with Gasteiger partial charge in [0.15, 0.2) is 28.3 Å². The molecule has 0 radical (unpaired) electrons. The first-order valence-electron chi connectivity index (χ1n) is 10.1. The lowest BCUT2D eigenvalue weighted by atomic mass is 9.81. The quantitative estimate of drug-likeness (QED) is 0.420. The minimum Gasteiger partial charge on any atom is -0.490 e. The van der Waals surface area contributed by atoms with Crippen LogP contribution < -0.4 is 14.8 Å². The van der Waals surface area contributed by atoms with Crippen LogP contribution in [-0.4, -0.2) is 33.1 Å². The maximum atomic E-state index is 14.7. The number of anilines is 1. The molecule has 2 aromatic carbocycles. The molecule has 0 aliphatic carbocycles. The smallest absolute Gasteiger partial charge is 0.266 e. The van der Waals surface area contributed by atoms with E-state index in [4.69, 9.17) is 16.3 Å². The highest BCUT2D eigenvalue weighted by atomic mass is 35.5. The molecule has 0 spiro atoms. The first-order chi connectivity index (χ1) is 16.1. The average molecular weight is 536 g/mol. The van der Waals surface area contributed by atoms with Crippen LogP contribution in [0.4, 0.5) is 22.7 Å². The Kier molecular flexibility index (Phi) is 7.31. The van der Waals surface area contributed by atoms with E-state index in [2.05, 4.69) is 10.3 Å². The van der Waals surface area contributed by atoms with E-state index in [9.17, 15) is 26.0 Å². The van der Waals surface area contributed by atoms with E-state index < -0.39 is 43.9 Å². The number of halogens is 5. The SMILES string of the molecule is O=S(=O)(Nc1ncc(Cl)s1)c1cc(F)c(OC[C@@H]2CNCC[C@H]2c2ccc(F)c(F)c2)cc1F. The van der Waals surface area contributed by atoms with E-state index in [0.717, 1.165) is 23.5 Å². The molecular weight excluding hydrogens is 518 g/mol. The van der Waals surface area contributed by atoms with Gasteiger partial charge in [0.25, 0.3) is 10.0 Å². The van der Waals surface area contributed by atoms with Crippen molar-refractivity contribution >= 4 is 38.1 Å². The van der Waals surface area contributed by atoms with Crippen molar-refractivity contribution in [2.45, 2.75) is 17.2 Å². The van der Waals surface area contributed by atoms with Crippen molar-refractivity contribution in [3.05, 3.63) is 69.7 Å². The Morgan fingerprint density at radius 2 is 1.91 bits per heavy atom. The summed E-state index contributed by atoms with van der Waals surface area (Å²) in [6.45, 7) is 1.04. The fourth-order valence-electron chi connectivity index (χ4n) is 3.78. The summed E-state index contributed by atoms with van der Waals surface area (Å²) in [5.74, 6) is -5.13. The Bertz CT molecular complexity index is 1310. The van der Waals surface area contributed by atoms with Crippen molar-refractivity contribution in [2.75, 3.05) is 24.4 Å². The summed E-state index contributed by atoms with van der Waals surface area (Å²) in [5, 5.41) is 3.06. The summed E-state index contributed by atoms with van der Waals surface area (Å²) in [6, 6.07) is 4.84. The molecule has 2 atom stereocenters. The van der Waals surface area contributed by atoms with Crippen LogP contribution >= 0.6 is 22.9 Å². The molecule has 182 valence electrons. The highest BCUT2D eigenvalue weighted by Gasteiger charge is 2.29. The number of hydrogen-bond donors (Lipinski definition) is 2. The van der Waals surface area contributed by atoms with E-state index in [1.165, 1.54) is 12.3 Å². The third-order valence-corrected chi connectivity index (χ3v) is 7.92. The molecular formula is C21H18ClF4N3O3S2. The number of benzene rings is 2. The lowest BCUT2D eigenvalue weighted by molar-refractivity contribution is 0.190. The summed E-state index contributed by atoms with van der Waals surface area (Å²) < 4.78 is 88.9. The lowest BCUT2D eigenvalue weighted by Crippen LogP contribution is -2.38. The van der Waals surface area contributed by atoms with Crippen LogP contribution in [0.1, 0.15) is 17.9 Å². The van der Waals surface area contributed by atoms with Gasteiger partial charge in [-0.2, -0.15) is 0 Å². The maximum absolute atomic E-state index is 14.7. The molecule has 1 aliphatic rings. The van der Waals surface area contributed by atoms with Gasteiger partial charge < -0.3 is 10.1 Å². The molecule has 2 heterocycles. The normalized spacial score (nSPS) is 18.6. The molecule has 1 saturated heterocycles. The van der Waals surface area contributed by atoms with Gasteiger partial charge in [0.05, 0.1) is 12.8 Å². The third kappa shape index (κ3) is 5.45. The van der Waals surface area contributed by atoms with Gasteiger partial charge in [-0.3, -0.25) is 4.72 Å². The number of ether oxygens (including phenoxy) is 1. The van der Waals surface area contributed by atoms with E-state index in [-0.39, 0.29) is 27.9 Å². The first kappa shape index (κ1) is 24.7. The standard InChI is InChI=1S/C21H18ClF4N3O3S2/c22-20-9-28-21(33-20)29-34(30,31)19-7-16(25)18(6-17(19)26)32-10-12-8-27-4-3-13(12)11-1-2-14(23)15(24)5-11/h1-2,5-7,9,12-13,27H,3-4,8,10H2,(H,28,29)/t12-,13-/m0/s1. The van der Waals surface area contributed by atoms with Crippen molar-refractivity contribution in [3.8, 4) is 5.75 Å². The number of nitrogens with one attached hydrogen (secondary N) is 2. The number of rotatable bonds is 7. The number of sulfonamides is 1. The molecule has 3 aromatic rings. The monoisotopic (exact) mass is 535 g/mol. The van der Waals surface area contributed by atoms with Crippen molar-refractivity contribution < 1.29 is 30.7 Å². The predicted octanol–water partition coefficient (Wildman–Crippen LogP) is 4.93. The Labute approximate surface area is 202 Å². The first-order valence-corrected chi connectivity index (χ1v) is 12.7. The van der Waals surface area contributed by atoms with Gasteiger partial charge in [-0.05, 0) is 36.6 Å². The average Bonchev–Trinajstić information content (AvgIpc) is 3.19. The molecule has 6 nitrogen and oxygen atoms in total. The minimum atomic E-state index is -4.47. The van der Waals surface area contributed by atoms with Gasteiger partial charge in [-0.25, -0.2) is 31.0 Å². The van der Waals surface area contributed by atoms with Crippen molar-refractivity contribution in [2.24, 2.45) is 5.92 Å². The van der Waals surface area contributed by atoms with Crippen LogP contribution in [0.5, 0.6) is 5.75 Å². The summed E-state index contributed by atoms with van der Waals surface area (Å²) >= 11 is 6.53. The molecule has 1 fully saturated rings. The molecule has 0 amide bonds. The maximum Gasteiger partial charge on any atom is 0.266 e. The number of thiazole rings is 1. The molecule has 1 aliphatic heterocycles. The van der Waals surface area contributed by atoms with Gasteiger partial charge in [0.2, 0.25) is 0 Å². The zero-order chi connectivity index (χ0) is 24.5. The summed E-state index contributed by atoms with van der Waals surface area (Å²) in [4.78, 5) is 2.81. The van der Waals surface area contributed by atoms with E-state index in [0.29, 0.717) is 37.2 Å². The minimum absolute atomic E-state index is 0.0605. The molecule has 34 heavy (non-hydrogen) atoms. The Balaban J connectivity index is 1.50. The predicted molar refractivity (Wildman–Crippen MR) is 120 cm³/mol. The van der Waals surface area contributed by atoms with E-state index in [1.54, 1.807) is 0 Å². The molecule has 0 bridgehead atoms. The van der Waals surface area contributed by atoms with Gasteiger partial charge in [0, 0.05) is 24.6 Å². The molecule has 13 heteroatoms. The molecule has 1 aromatic heterocycles. The third-order valence-electron chi connectivity index (χ3n) is 5.41. The van der Waals surface area contributed by atoms with E-state index >= 15 is 0 Å². The second-order valence-corrected chi connectivity index (χ2v) is 10.9. The van der Waals surface area contributed by atoms with Crippen LogP contribution in [0.2, 0.25) is 4.34 Å². The van der Waals surface area contributed by atoms with Gasteiger partial charge in [0.1, 0.15) is 15.0 Å². The summed E-state index contributed by atoms with van der Waals surface area (Å²) in [7, 11) is -4.47. The van der Waals surface area contributed by atoms with Gasteiger partial charge >= 0.3 is 0 Å². The van der Waals surface area contributed by atoms with E-state index in [1.807, 2.05) is 4.72 Å². The fourth-order valence-corrected chi connectivity index (χ4v) is 5.90. The Hall–Kier alpha value is -2.41. The fraction of sp³-hybridized carbons (Fsp3) is 0.286. The highest BCUT2D eigenvalue weighted by Crippen LogP contribution is 2.33. The Morgan fingerprint density at radius 3 is 2.62 bits per heavy atom. The molecule has 4 rings (SSSR count). The Morgan fingerprint density at radius 1 is 1.12 bits per heavy atom. The second-order valence-electron chi connectivity index (χ2n) is 7.63. The zero-order valence-corrected chi connectivity index (χ0v) is 19.7. The van der Waals surface area contributed by atoms with Gasteiger partial charge in [-0.15, -0.1) is 0 Å². The molecule has 0 unspecified atom stereocenters. The topological polar surface area (TPSA) is 80.3 Å². The van der Waals surface area contributed by atoms with Crippen molar-refractivity contribution in [3.63, 3.8) is 0 Å².